The van der Waals surface area contributed by atoms with Crippen LogP contribution in [0.3, 0.4) is 0 Å². The Bertz CT molecular complexity index is 789. The number of amides is 1. The van der Waals surface area contributed by atoms with E-state index in [0.717, 1.165) is 5.56 Å². The molecule has 0 aliphatic rings. The van der Waals surface area contributed by atoms with Crippen molar-refractivity contribution in [3.8, 4) is 11.5 Å². The maximum absolute atomic E-state index is 12.1. The Morgan fingerprint density at radius 2 is 2.08 bits per heavy atom. The van der Waals surface area contributed by atoms with E-state index in [9.17, 15) is 14.9 Å². The molecule has 0 atom stereocenters. The number of ether oxygens (including phenoxy) is 2. The number of nitrogens with one attached hydrogen (secondary N) is 1. The first-order valence-corrected chi connectivity index (χ1v) is 7.49. The molecule has 0 heterocycles. The zero-order chi connectivity index (χ0) is 18.2. The van der Waals surface area contributed by atoms with Crippen molar-refractivity contribution in [3.05, 3.63) is 70.8 Å². The fourth-order valence-electron chi connectivity index (χ4n) is 2.19. The first-order valence-electron chi connectivity index (χ1n) is 7.49. The molecule has 0 spiro atoms. The number of anilines is 1. The maximum Gasteiger partial charge on any atom is 0.296 e. The molecule has 0 unspecified atom stereocenters. The lowest BCUT2D eigenvalue weighted by atomic mass is 10.1. The molecule has 0 saturated heterocycles. The number of nitro groups is 1. The largest absolute Gasteiger partial charge is 0.496 e. The number of benzene rings is 2. The van der Waals surface area contributed by atoms with E-state index < -0.39 is 10.8 Å². The van der Waals surface area contributed by atoms with Gasteiger partial charge in [0.05, 0.1) is 18.1 Å². The predicted molar refractivity (Wildman–Crippen MR) is 94.1 cm³/mol. The lowest BCUT2D eigenvalue weighted by molar-refractivity contribution is -0.384. The third-order valence-electron chi connectivity index (χ3n) is 3.37. The summed E-state index contributed by atoms with van der Waals surface area (Å²) in [6.07, 6.45) is 2.35. The molecule has 0 bridgehead atoms. The number of para-hydroxylation sites is 1. The van der Waals surface area contributed by atoms with Crippen molar-refractivity contribution in [1.29, 1.82) is 0 Å². The van der Waals surface area contributed by atoms with Gasteiger partial charge in [-0.25, -0.2) is 0 Å². The van der Waals surface area contributed by atoms with Crippen molar-refractivity contribution in [2.75, 3.05) is 19.0 Å². The average molecular weight is 342 g/mol. The van der Waals surface area contributed by atoms with Crippen LogP contribution in [0.15, 0.2) is 55.1 Å². The van der Waals surface area contributed by atoms with Gasteiger partial charge in [-0.05, 0) is 30.2 Å². The standard InChI is InChI=1S/C18H18N2O5/c1-3-6-13-7-4-5-8-17(13)25-12-18(21)19-15-10-9-14(24-2)11-16(15)20(22)23/h3-5,7-11H,1,6,12H2,2H3,(H,19,21). The lowest BCUT2D eigenvalue weighted by Gasteiger charge is -2.11. The van der Waals surface area contributed by atoms with Crippen molar-refractivity contribution in [1.82, 2.24) is 0 Å². The van der Waals surface area contributed by atoms with Crippen LogP contribution in [0.1, 0.15) is 5.56 Å². The number of nitro benzene ring substituents is 1. The maximum atomic E-state index is 12.1. The number of carbonyl (C=O) groups is 1. The van der Waals surface area contributed by atoms with Gasteiger partial charge in [0.2, 0.25) is 0 Å². The summed E-state index contributed by atoms with van der Waals surface area (Å²) in [6, 6.07) is 11.5. The van der Waals surface area contributed by atoms with Crippen LogP contribution in [0.25, 0.3) is 0 Å². The van der Waals surface area contributed by atoms with Gasteiger partial charge in [-0.1, -0.05) is 24.3 Å². The summed E-state index contributed by atoms with van der Waals surface area (Å²) in [5, 5.41) is 13.6. The van der Waals surface area contributed by atoms with E-state index in [0.29, 0.717) is 17.9 Å². The van der Waals surface area contributed by atoms with Crippen molar-refractivity contribution in [2.45, 2.75) is 6.42 Å². The Hall–Kier alpha value is -3.35. The first-order chi connectivity index (χ1) is 12.0. The molecule has 0 fully saturated rings. The number of hydrogen-bond donors (Lipinski definition) is 1. The molecule has 25 heavy (non-hydrogen) atoms. The van der Waals surface area contributed by atoms with Gasteiger partial charge in [0.25, 0.3) is 11.6 Å². The number of hydrogen-bond acceptors (Lipinski definition) is 5. The molecule has 2 aromatic carbocycles. The van der Waals surface area contributed by atoms with E-state index in [-0.39, 0.29) is 18.0 Å². The van der Waals surface area contributed by atoms with E-state index in [4.69, 9.17) is 9.47 Å². The molecule has 0 aliphatic carbocycles. The molecule has 2 rings (SSSR count). The third-order valence-corrected chi connectivity index (χ3v) is 3.37. The van der Waals surface area contributed by atoms with Crippen LogP contribution >= 0.6 is 0 Å². The van der Waals surface area contributed by atoms with Gasteiger partial charge in [0, 0.05) is 0 Å². The van der Waals surface area contributed by atoms with Crippen LogP contribution in [0, 0.1) is 10.1 Å². The zero-order valence-electron chi connectivity index (χ0n) is 13.7. The fourth-order valence-corrected chi connectivity index (χ4v) is 2.19. The van der Waals surface area contributed by atoms with Gasteiger partial charge in [0.15, 0.2) is 6.61 Å². The summed E-state index contributed by atoms with van der Waals surface area (Å²) >= 11 is 0. The molecule has 0 aromatic heterocycles. The number of nitrogens with zero attached hydrogens (tertiary/aromatic N) is 1. The van der Waals surface area contributed by atoms with Crippen molar-refractivity contribution in [3.63, 3.8) is 0 Å². The highest BCUT2D eigenvalue weighted by Gasteiger charge is 2.17. The Kier molecular flexibility index (Phi) is 6.11. The second-order valence-corrected chi connectivity index (χ2v) is 5.08. The van der Waals surface area contributed by atoms with Gasteiger partial charge in [-0.3, -0.25) is 14.9 Å². The highest BCUT2D eigenvalue weighted by atomic mass is 16.6. The normalized spacial score (nSPS) is 9.96. The SMILES string of the molecule is C=CCc1ccccc1OCC(=O)Nc1ccc(OC)cc1[N+](=O)[O-]. The predicted octanol–water partition coefficient (Wildman–Crippen LogP) is 3.35. The minimum Gasteiger partial charge on any atom is -0.496 e. The Balaban J connectivity index is 2.06. The van der Waals surface area contributed by atoms with E-state index in [2.05, 4.69) is 11.9 Å². The Morgan fingerprint density at radius 1 is 1.32 bits per heavy atom. The summed E-state index contributed by atoms with van der Waals surface area (Å²) in [6.45, 7) is 3.41. The van der Waals surface area contributed by atoms with Crippen LogP contribution in [-0.2, 0) is 11.2 Å². The van der Waals surface area contributed by atoms with Crippen LogP contribution in [0.5, 0.6) is 11.5 Å². The second-order valence-electron chi connectivity index (χ2n) is 5.08. The van der Waals surface area contributed by atoms with Gasteiger partial charge < -0.3 is 14.8 Å². The number of rotatable bonds is 8. The van der Waals surface area contributed by atoms with E-state index in [1.807, 2.05) is 12.1 Å². The monoisotopic (exact) mass is 342 g/mol. The molecule has 2 aromatic rings. The van der Waals surface area contributed by atoms with Crippen molar-refractivity contribution < 1.29 is 19.2 Å². The summed E-state index contributed by atoms with van der Waals surface area (Å²) < 4.78 is 10.5. The van der Waals surface area contributed by atoms with E-state index in [1.54, 1.807) is 18.2 Å². The molecule has 0 saturated carbocycles. The molecule has 130 valence electrons. The number of methoxy groups -OCH3 is 1. The summed E-state index contributed by atoms with van der Waals surface area (Å²) in [5.74, 6) is 0.405. The molecule has 7 nitrogen and oxygen atoms in total. The molecule has 7 heteroatoms. The van der Waals surface area contributed by atoms with Crippen molar-refractivity contribution in [2.24, 2.45) is 0 Å². The molecule has 1 N–H and O–H groups in total. The van der Waals surface area contributed by atoms with Gasteiger partial charge in [-0.2, -0.15) is 0 Å². The summed E-state index contributed by atoms with van der Waals surface area (Å²) in [7, 11) is 1.41. The van der Waals surface area contributed by atoms with Gasteiger partial charge >= 0.3 is 0 Å². The van der Waals surface area contributed by atoms with Crippen LogP contribution in [0.4, 0.5) is 11.4 Å². The van der Waals surface area contributed by atoms with Crippen LogP contribution in [-0.4, -0.2) is 24.5 Å². The van der Waals surface area contributed by atoms with E-state index >= 15 is 0 Å². The van der Waals surface area contributed by atoms with Crippen molar-refractivity contribution >= 4 is 17.3 Å². The highest BCUT2D eigenvalue weighted by Crippen LogP contribution is 2.29. The van der Waals surface area contributed by atoms with Gasteiger partial charge in [-0.15, -0.1) is 6.58 Å². The molecular weight excluding hydrogens is 324 g/mol. The van der Waals surface area contributed by atoms with Crippen LogP contribution < -0.4 is 14.8 Å². The fraction of sp³-hybridized carbons (Fsp3) is 0.167. The Morgan fingerprint density at radius 3 is 2.76 bits per heavy atom. The number of carbonyl (C=O) groups excluding carboxylic acids is 1. The minimum atomic E-state index is -0.585. The first kappa shape index (κ1) is 18.0. The summed E-state index contributed by atoms with van der Waals surface area (Å²) in [4.78, 5) is 22.6. The lowest BCUT2D eigenvalue weighted by Crippen LogP contribution is -2.21. The topological polar surface area (TPSA) is 90.7 Å². The minimum absolute atomic E-state index is 0.0822. The zero-order valence-corrected chi connectivity index (χ0v) is 13.7. The highest BCUT2D eigenvalue weighted by molar-refractivity contribution is 5.94. The second kappa shape index (κ2) is 8.49. The molecule has 0 radical (unpaired) electrons. The van der Waals surface area contributed by atoms with Gasteiger partial charge in [0.1, 0.15) is 17.2 Å². The molecule has 0 aliphatic heterocycles. The average Bonchev–Trinajstić information content (AvgIpc) is 2.61. The molecular formula is C18H18N2O5. The third kappa shape index (κ3) is 4.81. The number of allylic oxidation sites excluding steroid dienone is 1. The summed E-state index contributed by atoms with van der Waals surface area (Å²) in [5.41, 5.74) is 0.735. The van der Waals surface area contributed by atoms with E-state index in [1.165, 1.54) is 25.3 Å². The van der Waals surface area contributed by atoms with Crippen LogP contribution in [0.2, 0.25) is 0 Å². The molecule has 1 amide bonds. The quantitative estimate of drug-likeness (QED) is 0.451. The Labute approximate surface area is 145 Å². The smallest absolute Gasteiger partial charge is 0.296 e.